The van der Waals surface area contributed by atoms with Gasteiger partial charge in [-0.3, -0.25) is 0 Å². The molecule has 82 heavy (non-hydrogen) atoms. The van der Waals surface area contributed by atoms with E-state index in [0.717, 1.165) is 136 Å². The predicted octanol–water partition coefficient (Wildman–Crippen LogP) is 21.0. The number of para-hydroxylation sites is 6. The van der Waals surface area contributed by atoms with Crippen molar-refractivity contribution in [1.29, 1.82) is 0 Å². The van der Waals surface area contributed by atoms with E-state index in [1.54, 1.807) is 0 Å². The molecular weight excluding hydrogens is 1000 g/mol. The van der Waals surface area contributed by atoms with E-state index >= 15 is 0 Å². The monoisotopic (exact) mass is 1050 g/mol. The molecule has 3 aliphatic rings. The molecule has 7 heteroatoms. The normalized spacial score (nSPS) is 13.4. The van der Waals surface area contributed by atoms with Gasteiger partial charge < -0.3 is 32.9 Å². The van der Waals surface area contributed by atoms with Crippen LogP contribution in [-0.4, -0.2) is 0 Å². The van der Waals surface area contributed by atoms with Crippen molar-refractivity contribution in [2.75, 3.05) is 19.6 Å². The molecule has 0 saturated carbocycles. The maximum Gasteiger partial charge on any atom is 0.137 e. The van der Waals surface area contributed by atoms with Crippen LogP contribution in [0.25, 0.3) is 65.8 Å². The Bertz CT molecular complexity index is 4600. The van der Waals surface area contributed by atoms with Crippen molar-refractivity contribution in [3.8, 4) is 0 Å². The zero-order valence-corrected chi connectivity index (χ0v) is 44.4. The maximum absolute atomic E-state index is 6.51. The van der Waals surface area contributed by atoms with Crippen LogP contribution in [0.5, 0.6) is 0 Å². The Morgan fingerprint density at radius 3 is 0.829 bits per heavy atom. The third-order valence-corrected chi connectivity index (χ3v) is 17.4. The van der Waals surface area contributed by atoms with Gasteiger partial charge in [0, 0.05) is 121 Å². The van der Waals surface area contributed by atoms with E-state index in [4.69, 9.17) is 13.3 Å². The van der Waals surface area contributed by atoms with Crippen molar-refractivity contribution in [1.82, 2.24) is 0 Å². The van der Waals surface area contributed by atoms with Gasteiger partial charge in [-0.25, -0.2) is 0 Å². The minimum Gasteiger partial charge on any atom is -0.456 e. The largest absolute Gasteiger partial charge is 0.456 e. The van der Waals surface area contributed by atoms with E-state index in [1.807, 2.05) is 18.2 Å². The lowest BCUT2D eigenvalue weighted by molar-refractivity contribution is 0.668. The van der Waals surface area contributed by atoms with Crippen LogP contribution in [-0.2, 0) is 19.3 Å². The van der Waals surface area contributed by atoms with Gasteiger partial charge in [0.1, 0.15) is 33.5 Å². The summed E-state index contributed by atoms with van der Waals surface area (Å²) in [6.45, 7) is 0. The van der Waals surface area contributed by atoms with Crippen molar-refractivity contribution in [2.45, 2.75) is 19.3 Å². The Labute approximate surface area is 471 Å². The highest BCUT2D eigenvalue weighted by Crippen LogP contribution is 2.52. The molecule has 0 fully saturated rings. The third kappa shape index (κ3) is 6.83. The van der Waals surface area contributed by atoms with Gasteiger partial charge in [-0.1, -0.05) is 109 Å². The van der Waals surface area contributed by atoms with Crippen LogP contribution in [0.15, 0.2) is 268 Å². The van der Waals surface area contributed by atoms with Crippen LogP contribution >= 0.6 is 0 Å². The van der Waals surface area contributed by atoms with E-state index < -0.39 is 0 Å². The zero-order valence-electron chi connectivity index (χ0n) is 44.4. The molecule has 0 saturated heterocycles. The fourth-order valence-electron chi connectivity index (χ4n) is 13.6. The lowest BCUT2D eigenvalue weighted by atomic mass is 9.93. The van der Waals surface area contributed by atoms with E-state index in [9.17, 15) is 0 Å². The fourth-order valence-corrected chi connectivity index (χ4v) is 13.6. The molecule has 12 aromatic carbocycles. The van der Waals surface area contributed by atoms with Crippen molar-refractivity contribution in [3.63, 3.8) is 0 Å². The fraction of sp³-hybridized carbons (Fsp3) is 0.0400. The summed E-state index contributed by atoms with van der Waals surface area (Å²) in [6, 6.07) is 92.3. The van der Waals surface area contributed by atoms with Crippen LogP contribution < -0.4 is 19.6 Å². The van der Waals surface area contributed by atoms with Crippen LogP contribution in [0.2, 0.25) is 0 Å². The number of hydrogen-bond acceptors (Lipinski definition) is 7. The molecule has 386 valence electrons. The number of nitrogens with zero attached hydrogens (tertiary/aromatic N) is 4. The van der Waals surface area contributed by atoms with Crippen molar-refractivity contribution >= 4 is 134 Å². The van der Waals surface area contributed by atoms with Crippen molar-refractivity contribution < 1.29 is 13.3 Å². The maximum atomic E-state index is 6.51. The average molecular weight is 1050 g/mol. The van der Waals surface area contributed by atoms with Crippen LogP contribution in [0.4, 0.5) is 68.2 Å². The van der Waals surface area contributed by atoms with Crippen molar-refractivity contribution in [2.24, 2.45) is 0 Å². The Kier molecular flexibility index (Phi) is 9.56. The molecule has 6 heterocycles. The van der Waals surface area contributed by atoms with Gasteiger partial charge in [-0.15, -0.1) is 0 Å². The van der Waals surface area contributed by atoms with E-state index in [-0.39, 0.29) is 0 Å². The molecule has 0 bridgehead atoms. The summed E-state index contributed by atoms with van der Waals surface area (Å²) in [7, 11) is 0. The lowest BCUT2D eigenvalue weighted by Crippen LogP contribution is -2.19. The zero-order chi connectivity index (χ0) is 53.6. The third-order valence-electron chi connectivity index (χ3n) is 17.4. The van der Waals surface area contributed by atoms with Gasteiger partial charge in [0.25, 0.3) is 0 Å². The van der Waals surface area contributed by atoms with Gasteiger partial charge in [0.15, 0.2) is 0 Å². The highest BCUT2D eigenvalue weighted by Gasteiger charge is 2.30. The Hall–Kier alpha value is -10.8. The second-order valence-corrected chi connectivity index (χ2v) is 22.0. The minimum absolute atomic E-state index is 0.840. The lowest BCUT2D eigenvalue weighted by Gasteiger charge is -2.35. The summed E-state index contributed by atoms with van der Waals surface area (Å²) in [5, 5.41) is 6.85. The molecule has 0 radical (unpaired) electrons. The molecule has 15 aromatic rings. The first kappa shape index (κ1) is 45.1. The van der Waals surface area contributed by atoms with Crippen LogP contribution in [0.1, 0.15) is 33.4 Å². The number of anilines is 12. The predicted molar refractivity (Wildman–Crippen MR) is 335 cm³/mol. The summed E-state index contributed by atoms with van der Waals surface area (Å²) in [5.74, 6) is 0. The highest BCUT2D eigenvalue weighted by atomic mass is 16.3. The summed E-state index contributed by atoms with van der Waals surface area (Å²) >= 11 is 0. The Morgan fingerprint density at radius 1 is 0.232 bits per heavy atom. The summed E-state index contributed by atoms with van der Waals surface area (Å²) in [5.41, 5.74) is 26.2. The number of fused-ring (bicyclic) bond motifs is 15. The minimum atomic E-state index is 0.840. The van der Waals surface area contributed by atoms with Gasteiger partial charge >= 0.3 is 0 Å². The van der Waals surface area contributed by atoms with Gasteiger partial charge in [-0.05, 0) is 161 Å². The van der Waals surface area contributed by atoms with Gasteiger partial charge in [-0.2, -0.15) is 0 Å². The first-order valence-electron chi connectivity index (χ1n) is 28.2. The molecule has 18 rings (SSSR count). The molecular formula is C75H48N4O3. The van der Waals surface area contributed by atoms with E-state index in [1.165, 1.54) is 50.4 Å². The second kappa shape index (κ2) is 17.4. The van der Waals surface area contributed by atoms with Gasteiger partial charge in [0.2, 0.25) is 0 Å². The molecule has 0 spiro atoms. The second-order valence-electron chi connectivity index (χ2n) is 22.0. The SMILES string of the molecule is c1ccc2c(c1)Cc1cc3c(cc1N2c1ccc(N(c2ccc(N4c5ccccc5Cc5cc6c(cc54)oc4ccccc46)cc2)c2ccc(N4c5ccccc5Cc5cc6c(cc54)oc4ccccc46)cc2)cc1)oc1ccccc13. The molecule has 0 aliphatic carbocycles. The quantitative estimate of drug-likeness (QED) is 0.164. The van der Waals surface area contributed by atoms with E-state index in [2.05, 4.69) is 256 Å². The molecule has 3 aliphatic heterocycles. The highest BCUT2D eigenvalue weighted by molar-refractivity contribution is 6.10. The van der Waals surface area contributed by atoms with Gasteiger partial charge in [0.05, 0.1) is 17.1 Å². The average Bonchev–Trinajstić information content (AvgIpc) is 3.69. The molecule has 0 amide bonds. The smallest absolute Gasteiger partial charge is 0.137 e. The summed E-state index contributed by atoms with van der Waals surface area (Å²) < 4.78 is 19.5. The molecule has 7 nitrogen and oxygen atoms in total. The van der Waals surface area contributed by atoms with Crippen LogP contribution in [0.3, 0.4) is 0 Å². The number of hydrogen-bond donors (Lipinski definition) is 0. The molecule has 0 atom stereocenters. The topological polar surface area (TPSA) is 52.4 Å². The number of rotatable bonds is 6. The first-order valence-corrected chi connectivity index (χ1v) is 28.2. The molecule has 0 N–H and O–H groups in total. The van der Waals surface area contributed by atoms with E-state index in [0.29, 0.717) is 0 Å². The Balaban J connectivity index is 0.767. The Morgan fingerprint density at radius 2 is 0.512 bits per heavy atom. The molecule has 3 aromatic heterocycles. The first-order chi connectivity index (χ1) is 40.6. The number of furan rings is 3. The number of benzene rings is 12. The summed E-state index contributed by atoms with van der Waals surface area (Å²) in [4.78, 5) is 9.58. The molecule has 0 unspecified atom stereocenters. The summed E-state index contributed by atoms with van der Waals surface area (Å²) in [6.07, 6.45) is 2.52. The van der Waals surface area contributed by atoms with Crippen LogP contribution in [0, 0.1) is 0 Å². The van der Waals surface area contributed by atoms with Crippen molar-refractivity contribution in [3.05, 3.63) is 288 Å². The standard InChI is InChI=1S/C75H48N4O3/c1-7-19-64-46(13-1)37-49-40-61-58-16-4-10-22-70(58)80-73(61)43-67(49)77(64)55-31-25-52(26-32-55)76(53-27-33-56(34-28-53)78-65-20-8-2-14-47(65)38-50-41-62-59-17-5-11-23-71(59)81-74(62)44-68(50)78)54-29-35-57(36-30-54)79-66-21-9-3-15-48(66)39-51-42-63-60-18-6-12-24-72(60)82-75(63)45-69(51)79/h1-36,40-45H,37-39H2.